The van der Waals surface area contributed by atoms with Crippen molar-refractivity contribution >= 4 is 17.3 Å². The second kappa shape index (κ2) is 4.75. The molecule has 0 unspecified atom stereocenters. The van der Waals surface area contributed by atoms with Crippen molar-refractivity contribution in [3.63, 3.8) is 0 Å². The Balaban J connectivity index is 2.06. The predicted molar refractivity (Wildman–Crippen MR) is 59.3 cm³/mol. The van der Waals surface area contributed by atoms with Gasteiger partial charge in [0, 0.05) is 5.92 Å². The van der Waals surface area contributed by atoms with E-state index in [4.69, 9.17) is 4.74 Å². The van der Waals surface area contributed by atoms with E-state index in [-0.39, 0.29) is 5.97 Å². The minimum Gasteiger partial charge on any atom is -0.462 e. The Labute approximate surface area is 93.5 Å². The first-order chi connectivity index (χ1) is 7.31. The fourth-order valence-corrected chi connectivity index (χ4v) is 2.93. The van der Waals surface area contributed by atoms with Gasteiger partial charge in [-0.25, -0.2) is 9.78 Å². The van der Waals surface area contributed by atoms with Gasteiger partial charge in [0.15, 0.2) is 0 Å². The third-order valence-electron chi connectivity index (χ3n) is 2.70. The quantitative estimate of drug-likeness (QED) is 0.742. The van der Waals surface area contributed by atoms with Crippen LogP contribution in [0, 0.1) is 0 Å². The van der Waals surface area contributed by atoms with Crippen LogP contribution < -0.4 is 0 Å². The van der Waals surface area contributed by atoms with Crippen molar-refractivity contribution in [2.45, 2.75) is 38.5 Å². The molecular formula is C11H15NO2S. The van der Waals surface area contributed by atoms with E-state index in [1.54, 1.807) is 6.20 Å². The van der Waals surface area contributed by atoms with Crippen LogP contribution in [0.1, 0.15) is 53.2 Å². The summed E-state index contributed by atoms with van der Waals surface area (Å²) in [5.74, 6) is 0.345. The number of nitrogens with zero attached hydrogens (tertiary/aromatic N) is 1. The standard InChI is InChI=1S/C11H15NO2S/c1-2-14-11(13)9-7-12-10(15-9)8-5-3-4-6-8/h7-8H,2-6H2,1H3. The number of esters is 1. The molecule has 0 spiro atoms. The molecule has 0 aliphatic heterocycles. The molecule has 0 amide bonds. The molecule has 0 aromatic carbocycles. The average Bonchev–Trinajstić information content (AvgIpc) is 2.89. The van der Waals surface area contributed by atoms with Gasteiger partial charge in [-0.05, 0) is 19.8 Å². The van der Waals surface area contributed by atoms with E-state index in [0.717, 1.165) is 5.01 Å². The van der Waals surface area contributed by atoms with Crippen LogP contribution >= 0.6 is 11.3 Å². The van der Waals surface area contributed by atoms with E-state index in [1.807, 2.05) is 6.92 Å². The minimum absolute atomic E-state index is 0.237. The lowest BCUT2D eigenvalue weighted by Gasteiger charge is -2.02. The minimum atomic E-state index is -0.237. The normalized spacial score (nSPS) is 16.9. The topological polar surface area (TPSA) is 39.2 Å². The fraction of sp³-hybridized carbons (Fsp3) is 0.636. The monoisotopic (exact) mass is 225 g/mol. The van der Waals surface area contributed by atoms with Gasteiger partial charge in [0.1, 0.15) is 4.88 Å². The van der Waals surface area contributed by atoms with Crippen molar-refractivity contribution in [2.75, 3.05) is 6.61 Å². The van der Waals surface area contributed by atoms with E-state index in [1.165, 1.54) is 37.0 Å². The Kier molecular flexibility index (Phi) is 3.36. The molecule has 0 radical (unpaired) electrons. The maximum atomic E-state index is 11.4. The first-order valence-corrected chi connectivity index (χ1v) is 6.25. The molecule has 3 nitrogen and oxygen atoms in total. The zero-order chi connectivity index (χ0) is 10.7. The Hall–Kier alpha value is -0.900. The molecule has 0 bridgehead atoms. The number of ether oxygens (including phenoxy) is 1. The zero-order valence-corrected chi connectivity index (χ0v) is 9.68. The zero-order valence-electron chi connectivity index (χ0n) is 8.86. The van der Waals surface area contributed by atoms with Gasteiger partial charge in [-0.15, -0.1) is 11.3 Å². The van der Waals surface area contributed by atoms with E-state index < -0.39 is 0 Å². The highest BCUT2D eigenvalue weighted by Crippen LogP contribution is 2.36. The molecule has 1 fully saturated rings. The number of hydrogen-bond donors (Lipinski definition) is 0. The highest BCUT2D eigenvalue weighted by atomic mass is 32.1. The molecule has 4 heteroatoms. The lowest BCUT2D eigenvalue weighted by atomic mass is 10.1. The molecule has 15 heavy (non-hydrogen) atoms. The van der Waals surface area contributed by atoms with Crippen LogP contribution in [0.2, 0.25) is 0 Å². The molecule has 0 saturated heterocycles. The van der Waals surface area contributed by atoms with E-state index in [9.17, 15) is 4.79 Å². The van der Waals surface area contributed by atoms with Crippen molar-refractivity contribution in [1.82, 2.24) is 4.98 Å². The predicted octanol–water partition coefficient (Wildman–Crippen LogP) is 2.98. The summed E-state index contributed by atoms with van der Waals surface area (Å²) in [5, 5.41) is 1.11. The summed E-state index contributed by atoms with van der Waals surface area (Å²) in [5.41, 5.74) is 0. The molecule has 0 atom stereocenters. The Bertz CT molecular complexity index is 342. The van der Waals surface area contributed by atoms with Crippen molar-refractivity contribution in [3.8, 4) is 0 Å². The molecule has 0 N–H and O–H groups in total. The number of carbonyl (C=O) groups excluding carboxylic acids is 1. The molecule has 2 rings (SSSR count). The van der Waals surface area contributed by atoms with Crippen molar-refractivity contribution in [2.24, 2.45) is 0 Å². The van der Waals surface area contributed by atoms with Gasteiger partial charge in [0.05, 0.1) is 17.8 Å². The second-order valence-corrected chi connectivity index (χ2v) is 4.83. The third kappa shape index (κ3) is 2.37. The summed E-state index contributed by atoms with van der Waals surface area (Å²) >= 11 is 1.49. The summed E-state index contributed by atoms with van der Waals surface area (Å²) in [6.45, 7) is 2.24. The van der Waals surface area contributed by atoms with Crippen LogP contribution in [0.3, 0.4) is 0 Å². The van der Waals surface area contributed by atoms with E-state index in [2.05, 4.69) is 4.98 Å². The van der Waals surface area contributed by atoms with Crippen LogP contribution in [0.4, 0.5) is 0 Å². The molecule has 82 valence electrons. The second-order valence-electron chi connectivity index (χ2n) is 3.76. The molecule has 1 heterocycles. The van der Waals surface area contributed by atoms with Gasteiger partial charge in [-0.2, -0.15) is 0 Å². The maximum absolute atomic E-state index is 11.4. The maximum Gasteiger partial charge on any atom is 0.349 e. The number of carbonyl (C=O) groups is 1. The number of rotatable bonds is 3. The number of hydrogen-bond acceptors (Lipinski definition) is 4. The molecule has 1 aromatic rings. The summed E-state index contributed by atoms with van der Waals surface area (Å²) in [6, 6.07) is 0. The van der Waals surface area contributed by atoms with Crippen LogP contribution in [0.5, 0.6) is 0 Å². The molecule has 1 aromatic heterocycles. The van der Waals surface area contributed by atoms with E-state index >= 15 is 0 Å². The summed E-state index contributed by atoms with van der Waals surface area (Å²) in [4.78, 5) is 16.4. The Morgan fingerprint density at radius 2 is 2.33 bits per heavy atom. The van der Waals surface area contributed by atoms with E-state index in [0.29, 0.717) is 17.4 Å². The van der Waals surface area contributed by atoms with Crippen molar-refractivity contribution in [1.29, 1.82) is 0 Å². The molecular weight excluding hydrogens is 210 g/mol. The first-order valence-electron chi connectivity index (χ1n) is 5.44. The fourth-order valence-electron chi connectivity index (χ4n) is 1.95. The third-order valence-corrected chi connectivity index (χ3v) is 3.84. The SMILES string of the molecule is CCOC(=O)c1cnc(C2CCCC2)s1. The van der Waals surface area contributed by atoms with Crippen molar-refractivity contribution in [3.05, 3.63) is 16.1 Å². The van der Waals surface area contributed by atoms with Gasteiger partial charge in [-0.1, -0.05) is 12.8 Å². The van der Waals surface area contributed by atoms with Gasteiger partial charge in [0.25, 0.3) is 0 Å². The highest BCUT2D eigenvalue weighted by molar-refractivity contribution is 7.13. The van der Waals surface area contributed by atoms with Gasteiger partial charge in [-0.3, -0.25) is 0 Å². The average molecular weight is 225 g/mol. The van der Waals surface area contributed by atoms with Crippen LogP contribution in [0.25, 0.3) is 0 Å². The first kappa shape index (κ1) is 10.6. The summed E-state index contributed by atoms with van der Waals surface area (Å²) in [6.07, 6.45) is 6.67. The molecule has 1 aliphatic rings. The lowest BCUT2D eigenvalue weighted by molar-refractivity contribution is 0.0532. The largest absolute Gasteiger partial charge is 0.462 e. The summed E-state index contributed by atoms with van der Waals surface area (Å²) < 4.78 is 4.94. The summed E-state index contributed by atoms with van der Waals surface area (Å²) in [7, 11) is 0. The number of thiazole rings is 1. The Morgan fingerprint density at radius 1 is 1.60 bits per heavy atom. The van der Waals surface area contributed by atoms with Gasteiger partial charge < -0.3 is 4.74 Å². The highest BCUT2D eigenvalue weighted by Gasteiger charge is 2.21. The number of aromatic nitrogens is 1. The van der Waals surface area contributed by atoms with Crippen molar-refractivity contribution < 1.29 is 9.53 Å². The Morgan fingerprint density at radius 3 is 3.00 bits per heavy atom. The van der Waals surface area contributed by atoms with Gasteiger partial charge >= 0.3 is 5.97 Å². The van der Waals surface area contributed by atoms with Crippen LogP contribution in [0.15, 0.2) is 6.20 Å². The smallest absolute Gasteiger partial charge is 0.349 e. The van der Waals surface area contributed by atoms with Crippen LogP contribution in [-0.4, -0.2) is 17.6 Å². The molecule has 1 saturated carbocycles. The van der Waals surface area contributed by atoms with Gasteiger partial charge in [0.2, 0.25) is 0 Å². The molecule has 1 aliphatic carbocycles. The lowest BCUT2D eigenvalue weighted by Crippen LogP contribution is -2.01. The van der Waals surface area contributed by atoms with Crippen LogP contribution in [-0.2, 0) is 4.74 Å².